The monoisotopic (exact) mass is 495 g/mol. The summed E-state index contributed by atoms with van der Waals surface area (Å²) in [6, 6.07) is 24.5. The second kappa shape index (κ2) is 10.3. The number of piperazine rings is 1. The van der Waals surface area contributed by atoms with Gasteiger partial charge in [-0.15, -0.1) is 0 Å². The highest BCUT2D eigenvalue weighted by Crippen LogP contribution is 2.23. The number of carbonyl (C=O) groups excluding carboxylic acids is 1. The Labute approximate surface area is 213 Å². The highest BCUT2D eigenvalue weighted by Gasteiger charge is 2.22. The fourth-order valence-corrected chi connectivity index (χ4v) is 5.29. The van der Waals surface area contributed by atoms with E-state index in [1.165, 1.54) is 27.6 Å². The summed E-state index contributed by atoms with van der Waals surface area (Å²) in [7, 11) is 0. The van der Waals surface area contributed by atoms with Gasteiger partial charge in [-0.1, -0.05) is 36.0 Å². The number of rotatable bonds is 5. The molecule has 1 aromatic heterocycles. The molecule has 7 nitrogen and oxygen atoms in total. The van der Waals surface area contributed by atoms with Crippen LogP contribution in [-0.2, 0) is 4.79 Å². The first-order valence-corrected chi connectivity index (χ1v) is 12.8. The summed E-state index contributed by atoms with van der Waals surface area (Å²) >= 11 is 1.26. The van der Waals surface area contributed by atoms with Gasteiger partial charge < -0.3 is 9.80 Å². The summed E-state index contributed by atoms with van der Waals surface area (Å²) in [5, 5.41) is 10.1. The van der Waals surface area contributed by atoms with Crippen LogP contribution in [-0.4, -0.2) is 52.3 Å². The number of benzene rings is 3. The minimum atomic E-state index is -0.202. The van der Waals surface area contributed by atoms with Crippen molar-refractivity contribution in [3.05, 3.63) is 94.3 Å². The molecule has 180 valence electrons. The number of nitrogens with zero attached hydrogens (tertiary/aromatic N) is 5. The van der Waals surface area contributed by atoms with Crippen LogP contribution in [0.3, 0.4) is 0 Å². The van der Waals surface area contributed by atoms with Crippen molar-refractivity contribution in [1.29, 1.82) is 5.26 Å². The van der Waals surface area contributed by atoms with E-state index in [0.29, 0.717) is 40.4 Å². The number of thioether (sulfide) groups is 1. The summed E-state index contributed by atoms with van der Waals surface area (Å²) in [5.74, 6) is 0.212. The largest absolute Gasteiger partial charge is 0.368 e. The molecule has 0 saturated carbocycles. The van der Waals surface area contributed by atoms with E-state index >= 15 is 0 Å². The van der Waals surface area contributed by atoms with Gasteiger partial charge in [0, 0.05) is 31.9 Å². The molecule has 36 heavy (non-hydrogen) atoms. The number of amides is 1. The average molecular weight is 496 g/mol. The van der Waals surface area contributed by atoms with E-state index in [2.05, 4.69) is 42.2 Å². The van der Waals surface area contributed by atoms with E-state index in [0.717, 1.165) is 13.1 Å². The number of nitriles is 1. The van der Waals surface area contributed by atoms with E-state index in [4.69, 9.17) is 10.2 Å². The first-order chi connectivity index (χ1) is 17.5. The van der Waals surface area contributed by atoms with Crippen molar-refractivity contribution < 1.29 is 4.79 Å². The highest BCUT2D eigenvalue weighted by molar-refractivity contribution is 7.99. The topological polar surface area (TPSA) is 82.2 Å². The zero-order chi connectivity index (χ0) is 25.1. The molecule has 1 aliphatic heterocycles. The van der Waals surface area contributed by atoms with Gasteiger partial charge in [-0.25, -0.2) is 4.98 Å². The molecule has 2 heterocycles. The van der Waals surface area contributed by atoms with Gasteiger partial charge in [0.15, 0.2) is 5.16 Å². The van der Waals surface area contributed by atoms with Gasteiger partial charge in [0.2, 0.25) is 5.91 Å². The van der Waals surface area contributed by atoms with Crippen LogP contribution in [0, 0.1) is 18.3 Å². The number of fused-ring (bicyclic) bond motifs is 1. The van der Waals surface area contributed by atoms with Crippen LogP contribution < -0.4 is 10.5 Å². The Balaban J connectivity index is 1.34. The third-order valence-corrected chi connectivity index (χ3v) is 7.25. The molecule has 0 atom stereocenters. The van der Waals surface area contributed by atoms with Crippen molar-refractivity contribution in [2.45, 2.75) is 12.1 Å². The Bertz CT molecular complexity index is 1520. The van der Waals surface area contributed by atoms with Gasteiger partial charge in [-0.3, -0.25) is 14.2 Å². The summed E-state index contributed by atoms with van der Waals surface area (Å²) in [6.07, 6.45) is 0. The summed E-state index contributed by atoms with van der Waals surface area (Å²) in [5.41, 5.74) is 3.91. The lowest BCUT2D eigenvalue weighted by Crippen LogP contribution is -2.49. The normalized spacial score (nSPS) is 13.6. The van der Waals surface area contributed by atoms with Crippen LogP contribution in [0.5, 0.6) is 0 Å². The molecule has 0 bridgehead atoms. The van der Waals surface area contributed by atoms with Crippen molar-refractivity contribution in [3.63, 3.8) is 0 Å². The Morgan fingerprint density at radius 2 is 1.72 bits per heavy atom. The molecular weight excluding hydrogens is 470 g/mol. The first kappa shape index (κ1) is 23.6. The SMILES string of the molecule is Cc1cccc(N2CCN(C(=O)CSc3nc4ccccc4c(=O)n3-c3ccc(C#N)cc3)CC2)c1. The molecule has 4 aromatic rings. The second-order valence-corrected chi connectivity index (χ2v) is 9.65. The Morgan fingerprint density at radius 1 is 0.972 bits per heavy atom. The van der Waals surface area contributed by atoms with Gasteiger partial charge in [0.05, 0.1) is 34.0 Å². The second-order valence-electron chi connectivity index (χ2n) is 8.71. The fraction of sp³-hybridized carbons (Fsp3) is 0.214. The number of aromatic nitrogens is 2. The number of anilines is 1. The predicted molar refractivity (Wildman–Crippen MR) is 143 cm³/mol. The molecule has 3 aromatic carbocycles. The Hall–Kier alpha value is -4.09. The Morgan fingerprint density at radius 3 is 2.44 bits per heavy atom. The molecule has 1 fully saturated rings. The highest BCUT2D eigenvalue weighted by atomic mass is 32.2. The van der Waals surface area contributed by atoms with Crippen LogP contribution in [0.2, 0.25) is 0 Å². The van der Waals surface area contributed by atoms with Gasteiger partial charge in [0.25, 0.3) is 5.56 Å². The number of aryl methyl sites for hydroxylation is 1. The maximum absolute atomic E-state index is 13.4. The van der Waals surface area contributed by atoms with E-state index in [9.17, 15) is 9.59 Å². The zero-order valence-electron chi connectivity index (χ0n) is 19.9. The zero-order valence-corrected chi connectivity index (χ0v) is 20.7. The molecule has 8 heteroatoms. The predicted octanol–water partition coefficient (Wildman–Crippen LogP) is 4.01. The summed E-state index contributed by atoms with van der Waals surface area (Å²) < 4.78 is 1.52. The quantitative estimate of drug-likeness (QED) is 0.307. The van der Waals surface area contributed by atoms with Crippen LogP contribution in [0.25, 0.3) is 16.6 Å². The van der Waals surface area contributed by atoms with Crippen LogP contribution in [0.1, 0.15) is 11.1 Å². The molecule has 5 rings (SSSR count). The molecule has 0 aliphatic carbocycles. The summed E-state index contributed by atoms with van der Waals surface area (Å²) in [4.78, 5) is 35.4. The van der Waals surface area contributed by atoms with Gasteiger partial charge in [-0.05, 0) is 61.0 Å². The van der Waals surface area contributed by atoms with Crippen LogP contribution in [0.4, 0.5) is 5.69 Å². The third kappa shape index (κ3) is 4.83. The van der Waals surface area contributed by atoms with E-state index in [1.807, 2.05) is 11.0 Å². The van der Waals surface area contributed by atoms with Gasteiger partial charge >= 0.3 is 0 Å². The molecule has 0 N–H and O–H groups in total. The molecule has 1 aliphatic rings. The number of hydrogen-bond acceptors (Lipinski definition) is 6. The van der Waals surface area contributed by atoms with E-state index < -0.39 is 0 Å². The molecule has 0 unspecified atom stereocenters. The molecule has 0 radical (unpaired) electrons. The molecule has 0 spiro atoms. The minimum Gasteiger partial charge on any atom is -0.368 e. The van der Waals surface area contributed by atoms with Gasteiger partial charge in [0.1, 0.15) is 0 Å². The average Bonchev–Trinajstić information content (AvgIpc) is 2.92. The van der Waals surface area contributed by atoms with Crippen molar-refractivity contribution in [1.82, 2.24) is 14.5 Å². The smallest absolute Gasteiger partial charge is 0.266 e. The number of para-hydroxylation sites is 1. The van der Waals surface area contributed by atoms with Crippen molar-refractivity contribution in [2.24, 2.45) is 0 Å². The van der Waals surface area contributed by atoms with E-state index in [-0.39, 0.29) is 17.2 Å². The lowest BCUT2D eigenvalue weighted by Gasteiger charge is -2.36. The number of hydrogen-bond donors (Lipinski definition) is 0. The third-order valence-electron chi connectivity index (χ3n) is 6.32. The molecule has 1 saturated heterocycles. The van der Waals surface area contributed by atoms with Crippen molar-refractivity contribution >= 4 is 34.3 Å². The summed E-state index contributed by atoms with van der Waals surface area (Å²) in [6.45, 7) is 4.95. The van der Waals surface area contributed by atoms with Crippen molar-refractivity contribution in [2.75, 3.05) is 36.8 Å². The maximum atomic E-state index is 13.4. The number of carbonyl (C=O) groups is 1. The lowest BCUT2D eigenvalue weighted by atomic mass is 10.2. The van der Waals surface area contributed by atoms with E-state index in [1.54, 1.807) is 42.5 Å². The maximum Gasteiger partial charge on any atom is 0.266 e. The minimum absolute atomic E-state index is 0.0256. The fourth-order valence-electron chi connectivity index (χ4n) is 4.38. The molecular formula is C28H25N5O2S. The van der Waals surface area contributed by atoms with Crippen LogP contribution >= 0.6 is 11.8 Å². The Kier molecular flexibility index (Phi) is 6.74. The first-order valence-electron chi connectivity index (χ1n) is 11.8. The lowest BCUT2D eigenvalue weighted by molar-refractivity contribution is -0.128. The van der Waals surface area contributed by atoms with Gasteiger partial charge in [-0.2, -0.15) is 5.26 Å². The van der Waals surface area contributed by atoms with Crippen LogP contribution in [0.15, 0.2) is 82.7 Å². The standard InChI is InChI=1S/C28H25N5O2S/c1-20-5-4-6-23(17-20)31-13-15-32(16-14-31)26(34)19-36-28-30-25-8-3-2-7-24(25)27(35)33(28)22-11-9-21(18-29)10-12-22/h2-12,17H,13-16,19H2,1H3. The van der Waals surface area contributed by atoms with Crippen molar-refractivity contribution in [3.8, 4) is 11.8 Å². The molecule has 1 amide bonds.